The molecule has 0 atom stereocenters. The van der Waals surface area contributed by atoms with E-state index in [1.54, 1.807) is 22.3 Å². The first-order valence-corrected chi connectivity index (χ1v) is 10.2. The van der Waals surface area contributed by atoms with Crippen molar-refractivity contribution in [3.8, 4) is 10.6 Å². The normalized spacial score (nSPS) is 11.4. The lowest BCUT2D eigenvalue weighted by Crippen LogP contribution is -2.34. The number of thiophene rings is 1. The Kier molecular flexibility index (Phi) is 5.51. The van der Waals surface area contributed by atoms with Crippen molar-refractivity contribution in [2.75, 3.05) is 6.54 Å². The standard InChI is InChI=1S/C22H19F2N3OS/c1-2-26(13-17-18(23)9-5-10-19(17)24)14-27-22(28)16-8-4-3-7-15(16)21(25-27)20-11-6-12-29-20/h3-12H,2,13-14H2,1H3. The van der Waals surface area contributed by atoms with E-state index in [9.17, 15) is 13.6 Å². The van der Waals surface area contributed by atoms with Gasteiger partial charge in [0.1, 0.15) is 17.3 Å². The molecule has 0 spiro atoms. The van der Waals surface area contributed by atoms with Crippen LogP contribution in [0, 0.1) is 11.6 Å². The lowest BCUT2D eigenvalue weighted by molar-refractivity contribution is 0.200. The summed E-state index contributed by atoms with van der Waals surface area (Å²) < 4.78 is 29.5. The second-order valence-corrected chi connectivity index (χ2v) is 7.61. The van der Waals surface area contributed by atoms with E-state index in [4.69, 9.17) is 0 Å². The lowest BCUT2D eigenvalue weighted by Gasteiger charge is -2.22. The van der Waals surface area contributed by atoms with Crippen LogP contribution in [-0.4, -0.2) is 21.2 Å². The Labute approximate surface area is 170 Å². The Hall–Kier alpha value is -2.90. The molecule has 2 heterocycles. The first-order chi connectivity index (χ1) is 14.1. The molecular formula is C22H19F2N3OS. The van der Waals surface area contributed by atoms with E-state index in [0.717, 1.165) is 16.0 Å². The number of benzene rings is 2. The largest absolute Gasteiger partial charge is 0.280 e. The smallest absolute Gasteiger partial charge is 0.275 e. The number of hydrogen-bond acceptors (Lipinski definition) is 4. The van der Waals surface area contributed by atoms with Gasteiger partial charge in [-0.2, -0.15) is 5.10 Å². The van der Waals surface area contributed by atoms with Crippen LogP contribution in [0.5, 0.6) is 0 Å². The van der Waals surface area contributed by atoms with Crippen LogP contribution in [-0.2, 0) is 13.2 Å². The molecule has 0 saturated carbocycles. The third-order valence-electron chi connectivity index (χ3n) is 4.85. The summed E-state index contributed by atoms with van der Waals surface area (Å²) in [6.07, 6.45) is 0. The lowest BCUT2D eigenvalue weighted by atomic mass is 10.1. The van der Waals surface area contributed by atoms with E-state index in [1.807, 2.05) is 42.6 Å². The SMILES string of the molecule is CCN(Cc1c(F)cccc1F)Cn1nc(-c2cccs2)c2ccccc2c1=O. The van der Waals surface area contributed by atoms with Gasteiger partial charge in [0.2, 0.25) is 0 Å². The number of rotatable bonds is 6. The zero-order valence-electron chi connectivity index (χ0n) is 15.8. The van der Waals surface area contributed by atoms with Crippen molar-refractivity contribution in [3.63, 3.8) is 0 Å². The highest BCUT2D eigenvalue weighted by Gasteiger charge is 2.17. The van der Waals surface area contributed by atoms with Crippen LogP contribution in [0.1, 0.15) is 12.5 Å². The summed E-state index contributed by atoms with van der Waals surface area (Å²) >= 11 is 1.55. The Morgan fingerprint density at radius 3 is 2.38 bits per heavy atom. The monoisotopic (exact) mass is 411 g/mol. The molecule has 7 heteroatoms. The fourth-order valence-corrected chi connectivity index (χ4v) is 4.01. The minimum absolute atomic E-state index is 0.0123. The highest BCUT2D eigenvalue weighted by atomic mass is 32.1. The minimum atomic E-state index is -0.596. The zero-order chi connectivity index (χ0) is 20.4. The summed E-state index contributed by atoms with van der Waals surface area (Å²) in [7, 11) is 0. The van der Waals surface area contributed by atoms with Gasteiger partial charge in [-0.15, -0.1) is 11.3 Å². The second-order valence-electron chi connectivity index (χ2n) is 6.66. The molecule has 0 radical (unpaired) electrons. The number of fused-ring (bicyclic) bond motifs is 1. The number of nitrogens with zero attached hydrogens (tertiary/aromatic N) is 3. The molecule has 2 aromatic carbocycles. The topological polar surface area (TPSA) is 38.1 Å². The summed E-state index contributed by atoms with van der Waals surface area (Å²) in [5, 5.41) is 7.92. The van der Waals surface area contributed by atoms with Crippen LogP contribution in [0.2, 0.25) is 0 Å². The van der Waals surface area contributed by atoms with Gasteiger partial charge in [0.05, 0.1) is 16.9 Å². The number of aromatic nitrogens is 2. The average Bonchev–Trinajstić information content (AvgIpc) is 3.26. The quantitative estimate of drug-likeness (QED) is 0.454. The summed E-state index contributed by atoms with van der Waals surface area (Å²) in [5.74, 6) is -1.19. The molecule has 4 aromatic rings. The van der Waals surface area contributed by atoms with E-state index in [-0.39, 0.29) is 24.3 Å². The Balaban J connectivity index is 1.75. The molecule has 0 aliphatic carbocycles. The Bertz CT molecular complexity index is 1180. The van der Waals surface area contributed by atoms with Gasteiger partial charge in [0.15, 0.2) is 0 Å². The van der Waals surface area contributed by atoms with Gasteiger partial charge < -0.3 is 0 Å². The maximum atomic E-state index is 14.1. The minimum Gasteiger partial charge on any atom is -0.280 e. The first-order valence-electron chi connectivity index (χ1n) is 9.27. The molecule has 148 valence electrons. The molecule has 0 fully saturated rings. The van der Waals surface area contributed by atoms with Gasteiger partial charge in [-0.25, -0.2) is 13.5 Å². The van der Waals surface area contributed by atoms with Crippen LogP contribution in [0.4, 0.5) is 8.78 Å². The first kappa shape index (κ1) is 19.4. The molecule has 2 aromatic heterocycles. The van der Waals surface area contributed by atoms with E-state index < -0.39 is 11.6 Å². The predicted molar refractivity (Wildman–Crippen MR) is 112 cm³/mol. The van der Waals surface area contributed by atoms with Gasteiger partial charge in [0, 0.05) is 17.5 Å². The highest BCUT2D eigenvalue weighted by molar-refractivity contribution is 7.13. The van der Waals surface area contributed by atoms with Crippen molar-refractivity contribution < 1.29 is 8.78 Å². The molecule has 0 unspecified atom stereocenters. The molecule has 0 N–H and O–H groups in total. The van der Waals surface area contributed by atoms with Gasteiger partial charge in [-0.1, -0.05) is 37.3 Å². The van der Waals surface area contributed by atoms with Gasteiger partial charge in [-0.3, -0.25) is 9.69 Å². The van der Waals surface area contributed by atoms with Crippen molar-refractivity contribution in [1.29, 1.82) is 0 Å². The van der Waals surface area contributed by atoms with Crippen LogP contribution < -0.4 is 5.56 Å². The zero-order valence-corrected chi connectivity index (χ0v) is 16.6. The van der Waals surface area contributed by atoms with Gasteiger partial charge in [0.25, 0.3) is 5.56 Å². The molecule has 0 aliphatic heterocycles. The summed E-state index contributed by atoms with van der Waals surface area (Å²) in [6, 6.07) is 15.1. The maximum absolute atomic E-state index is 14.1. The van der Waals surface area contributed by atoms with Crippen molar-refractivity contribution in [3.05, 3.63) is 87.5 Å². The maximum Gasteiger partial charge on any atom is 0.275 e. The second kappa shape index (κ2) is 8.23. The molecule has 29 heavy (non-hydrogen) atoms. The third kappa shape index (κ3) is 3.83. The van der Waals surface area contributed by atoms with Crippen LogP contribution in [0.25, 0.3) is 21.3 Å². The molecule has 4 rings (SSSR count). The summed E-state index contributed by atoms with van der Waals surface area (Å²) in [6.45, 7) is 2.56. The Morgan fingerprint density at radius 2 is 1.72 bits per heavy atom. The van der Waals surface area contributed by atoms with Gasteiger partial charge >= 0.3 is 0 Å². The van der Waals surface area contributed by atoms with Crippen LogP contribution in [0.3, 0.4) is 0 Å². The Morgan fingerprint density at radius 1 is 1.00 bits per heavy atom. The van der Waals surface area contributed by atoms with Crippen LogP contribution in [0.15, 0.2) is 64.8 Å². The summed E-state index contributed by atoms with van der Waals surface area (Å²) in [4.78, 5) is 15.8. The third-order valence-corrected chi connectivity index (χ3v) is 5.72. The molecular weight excluding hydrogens is 392 g/mol. The summed E-state index contributed by atoms with van der Waals surface area (Å²) in [5.41, 5.74) is 0.485. The number of hydrogen-bond donors (Lipinski definition) is 0. The van der Waals surface area contributed by atoms with E-state index in [1.165, 1.54) is 22.9 Å². The fourth-order valence-electron chi connectivity index (χ4n) is 3.28. The van der Waals surface area contributed by atoms with Crippen molar-refractivity contribution in [2.45, 2.75) is 20.1 Å². The average molecular weight is 411 g/mol. The van der Waals surface area contributed by atoms with Crippen molar-refractivity contribution in [1.82, 2.24) is 14.7 Å². The van der Waals surface area contributed by atoms with E-state index in [0.29, 0.717) is 11.9 Å². The molecule has 0 aliphatic rings. The van der Waals surface area contributed by atoms with Crippen molar-refractivity contribution >= 4 is 22.1 Å². The van der Waals surface area contributed by atoms with Gasteiger partial charge in [-0.05, 0) is 36.2 Å². The predicted octanol–water partition coefficient (Wildman–Crippen LogP) is 4.88. The molecule has 0 amide bonds. The molecule has 4 nitrogen and oxygen atoms in total. The molecule has 0 bridgehead atoms. The van der Waals surface area contributed by atoms with Crippen LogP contribution >= 0.6 is 11.3 Å². The van der Waals surface area contributed by atoms with E-state index >= 15 is 0 Å². The number of halogens is 2. The van der Waals surface area contributed by atoms with Crippen molar-refractivity contribution in [2.24, 2.45) is 0 Å². The van der Waals surface area contributed by atoms with E-state index in [2.05, 4.69) is 5.10 Å². The fraction of sp³-hybridized carbons (Fsp3) is 0.182. The molecule has 0 saturated heterocycles. The highest BCUT2D eigenvalue weighted by Crippen LogP contribution is 2.28.